The van der Waals surface area contributed by atoms with Crippen LogP contribution < -0.4 is 10.2 Å². The molecule has 0 bridgehead atoms. The quantitative estimate of drug-likeness (QED) is 0.670. The Hall–Kier alpha value is -2.17. The van der Waals surface area contributed by atoms with E-state index < -0.39 is 0 Å². The molecule has 0 saturated carbocycles. The molecule has 0 radical (unpaired) electrons. The second kappa shape index (κ2) is 5.91. The number of benzene rings is 2. The van der Waals surface area contributed by atoms with Gasteiger partial charge in [-0.1, -0.05) is 41.9 Å². The van der Waals surface area contributed by atoms with E-state index in [1.165, 1.54) is 4.90 Å². The van der Waals surface area contributed by atoms with Gasteiger partial charge in [0.05, 0.1) is 5.69 Å². The number of rotatable bonds is 2. The van der Waals surface area contributed by atoms with Gasteiger partial charge in [0, 0.05) is 5.02 Å². The molecule has 2 aromatic rings. The predicted molar refractivity (Wildman–Crippen MR) is 93.8 cm³/mol. The summed E-state index contributed by atoms with van der Waals surface area (Å²) in [6.45, 7) is 1.95. The minimum Gasteiger partial charge on any atom is -0.327 e. The van der Waals surface area contributed by atoms with Gasteiger partial charge in [-0.2, -0.15) is 0 Å². The number of nitrogens with one attached hydrogen (secondary N) is 1. The van der Waals surface area contributed by atoms with Gasteiger partial charge >= 0.3 is 0 Å². The molecule has 1 aliphatic heterocycles. The highest BCUT2D eigenvalue weighted by molar-refractivity contribution is 7.80. The molecule has 5 heteroatoms. The number of anilines is 1. The Balaban J connectivity index is 1.95. The largest absolute Gasteiger partial charge is 0.327 e. The van der Waals surface area contributed by atoms with Gasteiger partial charge in [0.15, 0.2) is 5.11 Å². The zero-order chi connectivity index (χ0) is 15.7. The normalized spacial score (nSPS) is 16.3. The first kappa shape index (κ1) is 14.8. The van der Waals surface area contributed by atoms with Gasteiger partial charge in [0.25, 0.3) is 5.91 Å². The zero-order valence-corrected chi connectivity index (χ0v) is 13.4. The van der Waals surface area contributed by atoms with E-state index in [4.69, 9.17) is 23.8 Å². The van der Waals surface area contributed by atoms with Crippen LogP contribution >= 0.6 is 23.8 Å². The first-order chi connectivity index (χ1) is 10.6. The monoisotopic (exact) mass is 328 g/mol. The molecule has 1 N–H and O–H groups in total. The van der Waals surface area contributed by atoms with Crippen molar-refractivity contribution in [1.82, 2.24) is 5.32 Å². The van der Waals surface area contributed by atoms with Crippen LogP contribution in [0.2, 0.25) is 5.02 Å². The summed E-state index contributed by atoms with van der Waals surface area (Å²) >= 11 is 11.2. The minimum atomic E-state index is -0.158. The number of thiocarbonyl (C=S) groups is 1. The Morgan fingerprint density at radius 2 is 1.82 bits per heavy atom. The van der Waals surface area contributed by atoms with Crippen LogP contribution in [0, 0.1) is 6.92 Å². The smallest absolute Gasteiger partial charge is 0.281 e. The standard InChI is InChI=1S/C17H13ClN2OS/c1-11-4-2-3-5-15(11)20-16(21)14(19-17(20)22)10-12-6-8-13(18)9-7-12/h2-10H,1H3,(H,19,22)/b14-10+. The SMILES string of the molecule is Cc1ccccc1N1C(=O)/C(=C\c2ccc(Cl)cc2)NC1=S. The Morgan fingerprint density at radius 1 is 1.14 bits per heavy atom. The third-order valence-electron chi connectivity index (χ3n) is 3.42. The number of aryl methyl sites for hydroxylation is 1. The third kappa shape index (κ3) is 2.75. The summed E-state index contributed by atoms with van der Waals surface area (Å²) in [5.41, 5.74) is 3.13. The molecule has 0 aromatic heterocycles. The predicted octanol–water partition coefficient (Wildman–Crippen LogP) is 3.91. The first-order valence-electron chi connectivity index (χ1n) is 6.74. The number of nitrogens with zero attached hydrogens (tertiary/aromatic N) is 1. The van der Waals surface area contributed by atoms with Crippen molar-refractivity contribution in [3.8, 4) is 0 Å². The number of hydrogen-bond donors (Lipinski definition) is 1. The summed E-state index contributed by atoms with van der Waals surface area (Å²) in [6.07, 6.45) is 1.77. The number of hydrogen-bond acceptors (Lipinski definition) is 2. The summed E-state index contributed by atoms with van der Waals surface area (Å²) in [4.78, 5) is 14.1. The molecule has 110 valence electrons. The van der Waals surface area contributed by atoms with E-state index in [0.29, 0.717) is 15.8 Å². The first-order valence-corrected chi connectivity index (χ1v) is 7.53. The summed E-state index contributed by atoms with van der Waals surface area (Å²) in [6, 6.07) is 14.9. The van der Waals surface area contributed by atoms with Crippen LogP contribution in [0.15, 0.2) is 54.2 Å². The number of para-hydroxylation sites is 1. The molecular formula is C17H13ClN2OS. The molecule has 3 rings (SSSR count). The van der Waals surface area contributed by atoms with E-state index in [1.807, 2.05) is 43.3 Å². The third-order valence-corrected chi connectivity index (χ3v) is 3.95. The second-order valence-corrected chi connectivity index (χ2v) is 5.79. The van der Waals surface area contributed by atoms with Gasteiger partial charge in [0.1, 0.15) is 5.70 Å². The molecule has 1 amide bonds. The fourth-order valence-electron chi connectivity index (χ4n) is 2.29. The molecule has 1 heterocycles. The molecule has 0 atom stereocenters. The van der Waals surface area contributed by atoms with Gasteiger partial charge in [-0.3, -0.25) is 9.69 Å². The maximum absolute atomic E-state index is 12.6. The molecule has 0 aliphatic carbocycles. The van der Waals surface area contributed by atoms with Crippen LogP contribution in [0.1, 0.15) is 11.1 Å². The average Bonchev–Trinajstić information content (AvgIpc) is 2.77. The fourth-order valence-corrected chi connectivity index (χ4v) is 2.71. The molecule has 1 aliphatic rings. The van der Waals surface area contributed by atoms with E-state index in [1.54, 1.807) is 18.2 Å². The lowest BCUT2D eigenvalue weighted by atomic mass is 10.1. The molecule has 22 heavy (non-hydrogen) atoms. The van der Waals surface area contributed by atoms with Gasteiger partial charge < -0.3 is 5.32 Å². The molecule has 0 unspecified atom stereocenters. The van der Waals surface area contributed by atoms with Crippen molar-refractivity contribution in [3.05, 3.63) is 70.4 Å². The van der Waals surface area contributed by atoms with E-state index >= 15 is 0 Å². The van der Waals surface area contributed by atoms with Gasteiger partial charge in [-0.25, -0.2) is 0 Å². The van der Waals surface area contributed by atoms with Crippen molar-refractivity contribution in [2.75, 3.05) is 4.90 Å². The topological polar surface area (TPSA) is 32.3 Å². The maximum atomic E-state index is 12.6. The molecular weight excluding hydrogens is 316 g/mol. The van der Waals surface area contributed by atoms with Crippen LogP contribution in [0.3, 0.4) is 0 Å². The number of halogens is 1. The lowest BCUT2D eigenvalue weighted by Crippen LogP contribution is -2.30. The maximum Gasteiger partial charge on any atom is 0.281 e. The molecule has 1 saturated heterocycles. The number of amides is 1. The van der Waals surface area contributed by atoms with Gasteiger partial charge in [-0.05, 0) is 54.5 Å². The van der Waals surface area contributed by atoms with Crippen LogP contribution in [0.5, 0.6) is 0 Å². The lowest BCUT2D eigenvalue weighted by molar-refractivity contribution is -0.113. The average molecular weight is 329 g/mol. The molecule has 2 aromatic carbocycles. The fraction of sp³-hybridized carbons (Fsp3) is 0.0588. The summed E-state index contributed by atoms with van der Waals surface area (Å²) in [5.74, 6) is -0.158. The Bertz CT molecular complexity index is 784. The van der Waals surface area contributed by atoms with E-state index in [2.05, 4.69) is 5.32 Å². The highest BCUT2D eigenvalue weighted by Gasteiger charge is 2.32. The molecule has 0 spiro atoms. The van der Waals surface area contributed by atoms with Gasteiger partial charge in [0.2, 0.25) is 0 Å². The van der Waals surface area contributed by atoms with Crippen molar-refractivity contribution in [3.63, 3.8) is 0 Å². The zero-order valence-electron chi connectivity index (χ0n) is 11.8. The lowest BCUT2D eigenvalue weighted by Gasteiger charge is -2.16. The van der Waals surface area contributed by atoms with E-state index in [-0.39, 0.29) is 5.91 Å². The molecule has 3 nitrogen and oxygen atoms in total. The number of carbonyl (C=O) groups is 1. The van der Waals surface area contributed by atoms with Crippen molar-refractivity contribution >= 4 is 46.6 Å². The minimum absolute atomic E-state index is 0.158. The van der Waals surface area contributed by atoms with Gasteiger partial charge in [-0.15, -0.1) is 0 Å². The highest BCUT2D eigenvalue weighted by Crippen LogP contribution is 2.25. The van der Waals surface area contributed by atoms with Crippen LogP contribution in [0.25, 0.3) is 6.08 Å². The van der Waals surface area contributed by atoms with E-state index in [0.717, 1.165) is 16.8 Å². The number of carbonyl (C=O) groups excluding carboxylic acids is 1. The summed E-state index contributed by atoms with van der Waals surface area (Å²) in [7, 11) is 0. The van der Waals surface area contributed by atoms with Crippen molar-refractivity contribution in [2.24, 2.45) is 0 Å². The summed E-state index contributed by atoms with van der Waals surface area (Å²) in [5, 5.41) is 4.02. The van der Waals surface area contributed by atoms with Crippen LogP contribution in [0.4, 0.5) is 5.69 Å². The summed E-state index contributed by atoms with van der Waals surface area (Å²) < 4.78 is 0. The molecule has 1 fully saturated rings. The van der Waals surface area contributed by atoms with E-state index in [9.17, 15) is 4.79 Å². The second-order valence-electron chi connectivity index (χ2n) is 4.97. The van der Waals surface area contributed by atoms with Crippen molar-refractivity contribution in [1.29, 1.82) is 0 Å². The highest BCUT2D eigenvalue weighted by atomic mass is 35.5. The van der Waals surface area contributed by atoms with Crippen molar-refractivity contribution < 1.29 is 4.79 Å². The van der Waals surface area contributed by atoms with Crippen molar-refractivity contribution in [2.45, 2.75) is 6.92 Å². The van der Waals surface area contributed by atoms with Crippen LogP contribution in [-0.2, 0) is 4.79 Å². The van der Waals surface area contributed by atoms with Crippen LogP contribution in [-0.4, -0.2) is 11.0 Å². The Kier molecular flexibility index (Phi) is 3.96. The Morgan fingerprint density at radius 3 is 2.50 bits per heavy atom. The Labute approximate surface area is 139 Å².